The number of rotatable bonds is 6. The van der Waals surface area contributed by atoms with Crippen LogP contribution in [0.2, 0.25) is 0 Å². The molecule has 28 heavy (non-hydrogen) atoms. The minimum absolute atomic E-state index is 0.130. The highest BCUT2D eigenvalue weighted by molar-refractivity contribution is 5.86. The zero-order valence-electron chi connectivity index (χ0n) is 16.8. The van der Waals surface area contributed by atoms with E-state index in [9.17, 15) is 9.90 Å². The smallest absolute Gasteiger partial charge is 0.256 e. The maximum Gasteiger partial charge on any atom is 0.256 e. The average Bonchev–Trinajstić information content (AvgIpc) is 3.16. The SMILES string of the molecule is CC(C)c1ccc(CN2CCC[C@@](O)(CN3CC(n4cccn4)C3)C2=O)cc1. The van der Waals surface area contributed by atoms with E-state index in [1.807, 2.05) is 21.8 Å². The first-order chi connectivity index (χ1) is 13.4. The van der Waals surface area contributed by atoms with Gasteiger partial charge in [0.25, 0.3) is 5.91 Å². The monoisotopic (exact) mass is 382 g/mol. The zero-order valence-corrected chi connectivity index (χ0v) is 16.8. The molecule has 3 heterocycles. The fourth-order valence-electron chi connectivity index (χ4n) is 4.30. The third-order valence-corrected chi connectivity index (χ3v) is 6.05. The summed E-state index contributed by atoms with van der Waals surface area (Å²) in [4.78, 5) is 17.0. The molecule has 2 aliphatic heterocycles. The van der Waals surface area contributed by atoms with E-state index in [0.29, 0.717) is 38.0 Å². The van der Waals surface area contributed by atoms with Gasteiger partial charge in [0.1, 0.15) is 0 Å². The van der Waals surface area contributed by atoms with Gasteiger partial charge in [-0.3, -0.25) is 14.4 Å². The lowest BCUT2D eigenvalue weighted by molar-refractivity contribution is -0.162. The minimum atomic E-state index is -1.27. The number of aliphatic hydroxyl groups is 1. The standard InChI is InChI=1S/C22H30N4O2/c1-17(2)19-7-5-18(6-8-19)13-25-11-3-9-22(28,21(25)27)16-24-14-20(15-24)26-12-4-10-23-26/h4-8,10,12,17,20,28H,3,9,11,13-16H2,1-2H3/t22-/m1/s1. The van der Waals surface area contributed by atoms with Gasteiger partial charge in [-0.05, 0) is 36.0 Å². The fraction of sp³-hybridized carbons (Fsp3) is 0.545. The third kappa shape index (κ3) is 3.84. The van der Waals surface area contributed by atoms with Crippen LogP contribution in [-0.2, 0) is 11.3 Å². The number of piperidine rings is 1. The first-order valence-electron chi connectivity index (χ1n) is 10.3. The van der Waals surface area contributed by atoms with Gasteiger partial charge >= 0.3 is 0 Å². The van der Waals surface area contributed by atoms with E-state index in [0.717, 1.165) is 25.1 Å². The molecule has 2 aliphatic rings. The van der Waals surface area contributed by atoms with Crippen molar-refractivity contribution in [3.05, 3.63) is 53.9 Å². The molecule has 0 spiro atoms. The Bertz CT molecular complexity index is 796. The van der Waals surface area contributed by atoms with Crippen LogP contribution in [0.3, 0.4) is 0 Å². The molecular formula is C22H30N4O2. The molecule has 1 aromatic heterocycles. The molecule has 6 heteroatoms. The van der Waals surface area contributed by atoms with Crippen LogP contribution in [0.25, 0.3) is 0 Å². The molecular weight excluding hydrogens is 352 g/mol. The van der Waals surface area contributed by atoms with Gasteiger partial charge in [0.05, 0.1) is 6.04 Å². The predicted octanol–water partition coefficient (Wildman–Crippen LogP) is 2.42. The zero-order chi connectivity index (χ0) is 19.7. The summed E-state index contributed by atoms with van der Waals surface area (Å²) in [5.41, 5.74) is 1.14. The molecule has 0 aliphatic carbocycles. The molecule has 1 aromatic carbocycles. The van der Waals surface area contributed by atoms with E-state index in [-0.39, 0.29) is 5.91 Å². The molecule has 2 saturated heterocycles. The Morgan fingerprint density at radius 2 is 2.00 bits per heavy atom. The highest BCUT2D eigenvalue weighted by atomic mass is 16.3. The van der Waals surface area contributed by atoms with Crippen molar-refractivity contribution in [2.24, 2.45) is 0 Å². The number of hydrogen-bond acceptors (Lipinski definition) is 4. The molecule has 0 radical (unpaired) electrons. The minimum Gasteiger partial charge on any atom is -0.379 e. The first kappa shape index (κ1) is 19.2. The lowest BCUT2D eigenvalue weighted by Crippen LogP contribution is -2.61. The lowest BCUT2D eigenvalue weighted by Gasteiger charge is -2.46. The van der Waals surface area contributed by atoms with Crippen molar-refractivity contribution in [3.8, 4) is 0 Å². The predicted molar refractivity (Wildman–Crippen MR) is 108 cm³/mol. The van der Waals surface area contributed by atoms with Crippen LogP contribution in [0.1, 0.15) is 49.8 Å². The van der Waals surface area contributed by atoms with Gasteiger partial charge in [0.2, 0.25) is 0 Å². The Morgan fingerprint density at radius 3 is 2.64 bits per heavy atom. The summed E-state index contributed by atoms with van der Waals surface area (Å²) in [5, 5.41) is 15.4. The van der Waals surface area contributed by atoms with E-state index < -0.39 is 5.60 Å². The van der Waals surface area contributed by atoms with Crippen LogP contribution in [0.5, 0.6) is 0 Å². The molecule has 1 atom stereocenters. The number of carbonyl (C=O) groups excluding carboxylic acids is 1. The number of hydrogen-bond donors (Lipinski definition) is 1. The molecule has 0 saturated carbocycles. The second-order valence-electron chi connectivity index (χ2n) is 8.59. The molecule has 1 amide bonds. The molecule has 2 fully saturated rings. The summed E-state index contributed by atoms with van der Waals surface area (Å²) in [6, 6.07) is 10.7. The Balaban J connectivity index is 1.35. The normalized spacial score (nSPS) is 24.0. The molecule has 1 N–H and O–H groups in total. The quantitative estimate of drug-likeness (QED) is 0.834. The molecule has 2 aromatic rings. The molecule has 0 bridgehead atoms. The fourth-order valence-corrected chi connectivity index (χ4v) is 4.30. The van der Waals surface area contributed by atoms with Gasteiger partial charge in [0.15, 0.2) is 5.60 Å². The summed E-state index contributed by atoms with van der Waals surface area (Å²) < 4.78 is 1.95. The number of aromatic nitrogens is 2. The van der Waals surface area contributed by atoms with E-state index in [4.69, 9.17) is 0 Å². The van der Waals surface area contributed by atoms with Crippen molar-refractivity contribution in [1.29, 1.82) is 0 Å². The first-order valence-corrected chi connectivity index (χ1v) is 10.3. The number of amides is 1. The number of likely N-dealkylation sites (tertiary alicyclic amines) is 2. The topological polar surface area (TPSA) is 61.6 Å². The Kier molecular flexibility index (Phi) is 5.25. The van der Waals surface area contributed by atoms with Gasteiger partial charge < -0.3 is 10.0 Å². The maximum absolute atomic E-state index is 13.0. The van der Waals surface area contributed by atoms with Crippen LogP contribution in [0.4, 0.5) is 0 Å². The molecule has 6 nitrogen and oxygen atoms in total. The van der Waals surface area contributed by atoms with Crippen LogP contribution in [0, 0.1) is 0 Å². The van der Waals surface area contributed by atoms with Crippen LogP contribution in [0.15, 0.2) is 42.7 Å². The third-order valence-electron chi connectivity index (χ3n) is 6.05. The Morgan fingerprint density at radius 1 is 1.25 bits per heavy atom. The van der Waals surface area contributed by atoms with Crippen molar-refractivity contribution < 1.29 is 9.90 Å². The van der Waals surface area contributed by atoms with Gasteiger partial charge in [-0.25, -0.2) is 0 Å². The number of carbonyl (C=O) groups is 1. The molecule has 4 rings (SSSR count). The largest absolute Gasteiger partial charge is 0.379 e. The van der Waals surface area contributed by atoms with Crippen molar-refractivity contribution in [2.45, 2.75) is 50.8 Å². The van der Waals surface area contributed by atoms with Crippen molar-refractivity contribution >= 4 is 5.91 Å². The molecule has 150 valence electrons. The highest BCUT2D eigenvalue weighted by Gasteiger charge is 2.45. The maximum atomic E-state index is 13.0. The Hall–Kier alpha value is -2.18. The highest BCUT2D eigenvalue weighted by Crippen LogP contribution is 2.29. The van der Waals surface area contributed by atoms with Crippen LogP contribution >= 0.6 is 0 Å². The summed E-state index contributed by atoms with van der Waals surface area (Å²) in [5.74, 6) is 0.368. The van der Waals surface area contributed by atoms with Crippen molar-refractivity contribution in [2.75, 3.05) is 26.2 Å². The number of nitrogens with zero attached hydrogens (tertiary/aromatic N) is 4. The van der Waals surface area contributed by atoms with Crippen molar-refractivity contribution in [1.82, 2.24) is 19.6 Å². The van der Waals surface area contributed by atoms with Gasteiger partial charge in [-0.15, -0.1) is 0 Å². The van der Waals surface area contributed by atoms with E-state index in [1.54, 1.807) is 6.20 Å². The summed E-state index contributed by atoms with van der Waals surface area (Å²) in [6.45, 7) is 7.69. The van der Waals surface area contributed by atoms with Crippen molar-refractivity contribution in [3.63, 3.8) is 0 Å². The summed E-state index contributed by atoms with van der Waals surface area (Å²) in [6.07, 6.45) is 5.13. The average molecular weight is 383 g/mol. The van der Waals surface area contributed by atoms with Crippen LogP contribution in [-0.4, -0.2) is 62.4 Å². The van der Waals surface area contributed by atoms with Crippen LogP contribution < -0.4 is 0 Å². The Labute approximate surface area is 166 Å². The number of β-amino-alcohol motifs (C(OH)–C–C–N with tert-alkyl or cyclic N) is 1. The summed E-state index contributed by atoms with van der Waals surface area (Å²) in [7, 11) is 0. The van der Waals surface area contributed by atoms with E-state index in [2.05, 4.69) is 48.1 Å². The second-order valence-corrected chi connectivity index (χ2v) is 8.59. The molecule has 0 unspecified atom stereocenters. The van der Waals surface area contributed by atoms with E-state index >= 15 is 0 Å². The summed E-state index contributed by atoms with van der Waals surface area (Å²) >= 11 is 0. The second kappa shape index (κ2) is 7.68. The number of benzene rings is 1. The van der Waals surface area contributed by atoms with E-state index in [1.165, 1.54) is 5.56 Å². The van der Waals surface area contributed by atoms with Gasteiger partial charge in [-0.2, -0.15) is 5.10 Å². The van der Waals surface area contributed by atoms with Gasteiger partial charge in [0, 0.05) is 45.1 Å². The van der Waals surface area contributed by atoms with Gasteiger partial charge in [-0.1, -0.05) is 38.1 Å². The lowest BCUT2D eigenvalue weighted by atomic mass is 9.89.